The smallest absolute Gasteiger partial charge is 0.243 e. The van der Waals surface area contributed by atoms with Gasteiger partial charge in [0.2, 0.25) is 15.9 Å². The Bertz CT molecular complexity index is 1370. The number of rotatable bonds is 11. The molecule has 0 spiro atoms. The van der Waals surface area contributed by atoms with Crippen molar-refractivity contribution in [2.45, 2.75) is 31.7 Å². The topological polar surface area (TPSA) is 106 Å². The number of hydrogen-bond acceptors (Lipinski definition) is 7. The average molecular weight is 556 g/mol. The van der Waals surface area contributed by atoms with Crippen molar-refractivity contribution < 1.29 is 22.7 Å². The van der Waals surface area contributed by atoms with Gasteiger partial charge in [-0.3, -0.25) is 9.69 Å². The minimum Gasteiger partial charge on any atom is -0.493 e. The van der Waals surface area contributed by atoms with E-state index in [9.17, 15) is 13.2 Å². The van der Waals surface area contributed by atoms with Crippen molar-refractivity contribution >= 4 is 15.9 Å². The van der Waals surface area contributed by atoms with Crippen LogP contribution in [0.25, 0.3) is 5.69 Å². The van der Waals surface area contributed by atoms with Crippen LogP contribution in [0, 0.1) is 5.92 Å². The van der Waals surface area contributed by atoms with Crippen molar-refractivity contribution in [2.24, 2.45) is 5.92 Å². The number of amides is 1. The van der Waals surface area contributed by atoms with E-state index in [4.69, 9.17) is 14.6 Å². The molecule has 210 valence electrons. The van der Waals surface area contributed by atoms with Gasteiger partial charge in [-0.1, -0.05) is 32.0 Å². The van der Waals surface area contributed by atoms with E-state index >= 15 is 0 Å². The van der Waals surface area contributed by atoms with Crippen LogP contribution in [-0.4, -0.2) is 80.3 Å². The molecule has 0 saturated carbocycles. The summed E-state index contributed by atoms with van der Waals surface area (Å²) in [6.45, 7) is 6.38. The van der Waals surface area contributed by atoms with Gasteiger partial charge in [0.25, 0.3) is 0 Å². The van der Waals surface area contributed by atoms with Gasteiger partial charge in [-0.05, 0) is 42.7 Å². The summed E-state index contributed by atoms with van der Waals surface area (Å²) in [5.41, 5.74) is 2.90. The van der Waals surface area contributed by atoms with Crippen LogP contribution in [0.5, 0.6) is 11.5 Å². The Balaban J connectivity index is 1.31. The summed E-state index contributed by atoms with van der Waals surface area (Å²) in [5, 5.41) is 7.71. The van der Waals surface area contributed by atoms with Gasteiger partial charge in [0.05, 0.1) is 43.6 Å². The van der Waals surface area contributed by atoms with Gasteiger partial charge < -0.3 is 14.8 Å². The molecule has 1 amide bonds. The molecule has 0 bridgehead atoms. The highest BCUT2D eigenvalue weighted by atomic mass is 32.2. The summed E-state index contributed by atoms with van der Waals surface area (Å²) in [5.74, 6) is 1.18. The number of para-hydroxylation sites is 1. The van der Waals surface area contributed by atoms with Gasteiger partial charge in [0, 0.05) is 37.9 Å². The molecule has 39 heavy (non-hydrogen) atoms. The maximum absolute atomic E-state index is 13.2. The average Bonchev–Trinajstić information content (AvgIpc) is 3.34. The van der Waals surface area contributed by atoms with Crippen LogP contribution in [0.4, 0.5) is 0 Å². The van der Waals surface area contributed by atoms with E-state index in [0.717, 1.165) is 23.5 Å². The quantitative estimate of drug-likeness (QED) is 0.388. The van der Waals surface area contributed by atoms with E-state index in [0.29, 0.717) is 50.1 Å². The molecular weight excluding hydrogens is 518 g/mol. The number of hydrogen-bond donors (Lipinski definition) is 1. The number of methoxy groups -OCH3 is 2. The summed E-state index contributed by atoms with van der Waals surface area (Å²) in [4.78, 5) is 14.8. The van der Waals surface area contributed by atoms with Crippen LogP contribution in [0.1, 0.15) is 25.2 Å². The summed E-state index contributed by atoms with van der Waals surface area (Å²) < 4.78 is 40.2. The normalized spacial score (nSPS) is 14.9. The molecular formula is C28H37N5O5S. The first-order valence-corrected chi connectivity index (χ1v) is 14.5. The molecule has 1 aliphatic heterocycles. The van der Waals surface area contributed by atoms with Crippen molar-refractivity contribution in [3.8, 4) is 17.2 Å². The number of benzene rings is 2. The Morgan fingerprint density at radius 1 is 0.974 bits per heavy atom. The fourth-order valence-corrected chi connectivity index (χ4v) is 6.06. The van der Waals surface area contributed by atoms with Crippen LogP contribution < -0.4 is 14.8 Å². The molecule has 0 unspecified atom stereocenters. The highest BCUT2D eigenvalue weighted by Crippen LogP contribution is 2.31. The zero-order valence-electron chi connectivity index (χ0n) is 23.0. The second-order valence-electron chi connectivity index (χ2n) is 9.95. The number of nitrogens with one attached hydrogen (secondary N) is 1. The molecule has 0 radical (unpaired) electrons. The van der Waals surface area contributed by atoms with E-state index in [-0.39, 0.29) is 17.3 Å². The fourth-order valence-electron chi connectivity index (χ4n) is 4.62. The highest BCUT2D eigenvalue weighted by molar-refractivity contribution is 7.89. The second kappa shape index (κ2) is 12.6. The SMILES string of the molecule is COc1ccc(S(=O)(=O)N2CCN(CC(=O)NCc3cc(CC(C)C)n(-c4ccccc4)n3)CC2)cc1OC. The molecule has 2 heterocycles. The summed E-state index contributed by atoms with van der Waals surface area (Å²) in [6.07, 6.45) is 0.881. The standard InChI is InChI=1S/C28H37N5O5S/c1-21(2)16-24-17-22(30-33(24)23-8-6-5-7-9-23)19-29-28(34)20-31-12-14-32(15-13-31)39(35,36)25-10-11-26(37-3)27(18-25)38-4/h5-11,17-18,21H,12-16,19-20H2,1-4H3,(H,29,34). The van der Waals surface area contributed by atoms with Crippen LogP contribution in [-0.2, 0) is 27.8 Å². The van der Waals surface area contributed by atoms with Crippen molar-refractivity contribution in [3.63, 3.8) is 0 Å². The molecule has 2 aromatic carbocycles. The highest BCUT2D eigenvalue weighted by Gasteiger charge is 2.30. The molecule has 1 N–H and O–H groups in total. The van der Waals surface area contributed by atoms with Crippen LogP contribution in [0.3, 0.4) is 0 Å². The van der Waals surface area contributed by atoms with Gasteiger partial charge in [0.15, 0.2) is 11.5 Å². The third-order valence-corrected chi connectivity index (χ3v) is 8.50. The number of ether oxygens (including phenoxy) is 2. The van der Waals surface area contributed by atoms with Gasteiger partial charge in [-0.25, -0.2) is 13.1 Å². The molecule has 0 aliphatic carbocycles. The minimum atomic E-state index is -3.69. The molecule has 10 nitrogen and oxygen atoms in total. The molecule has 1 saturated heterocycles. The molecule has 1 aromatic heterocycles. The predicted molar refractivity (Wildman–Crippen MR) is 149 cm³/mol. The van der Waals surface area contributed by atoms with Crippen molar-refractivity contribution in [2.75, 3.05) is 46.9 Å². The van der Waals surface area contributed by atoms with Crippen LogP contribution in [0.2, 0.25) is 0 Å². The molecule has 1 fully saturated rings. The largest absolute Gasteiger partial charge is 0.493 e. The molecule has 1 aliphatic rings. The van der Waals surface area contributed by atoms with Crippen molar-refractivity contribution in [1.29, 1.82) is 0 Å². The minimum absolute atomic E-state index is 0.120. The summed E-state index contributed by atoms with van der Waals surface area (Å²) in [6, 6.07) is 16.6. The van der Waals surface area contributed by atoms with E-state index in [1.54, 1.807) is 6.07 Å². The first-order valence-electron chi connectivity index (χ1n) is 13.1. The lowest BCUT2D eigenvalue weighted by Crippen LogP contribution is -2.51. The number of sulfonamides is 1. The zero-order valence-corrected chi connectivity index (χ0v) is 23.8. The molecule has 11 heteroatoms. The number of nitrogens with zero attached hydrogens (tertiary/aromatic N) is 4. The Hall–Kier alpha value is -3.41. The Morgan fingerprint density at radius 3 is 2.31 bits per heavy atom. The Labute approximate surface area is 230 Å². The van der Waals surface area contributed by atoms with Gasteiger partial charge in [-0.2, -0.15) is 9.40 Å². The number of carbonyl (C=O) groups excluding carboxylic acids is 1. The van der Waals surface area contributed by atoms with E-state index in [1.807, 2.05) is 46.0 Å². The number of piperazine rings is 1. The number of aromatic nitrogens is 2. The predicted octanol–water partition coefficient (Wildman–Crippen LogP) is 2.71. The maximum atomic E-state index is 13.2. The maximum Gasteiger partial charge on any atom is 0.243 e. The zero-order chi connectivity index (χ0) is 28.0. The van der Waals surface area contributed by atoms with E-state index < -0.39 is 10.0 Å². The van der Waals surface area contributed by atoms with Crippen LogP contribution in [0.15, 0.2) is 59.5 Å². The number of carbonyl (C=O) groups is 1. The first-order chi connectivity index (χ1) is 18.7. The summed E-state index contributed by atoms with van der Waals surface area (Å²) in [7, 11) is -0.719. The molecule has 4 rings (SSSR count). The van der Waals surface area contributed by atoms with Crippen LogP contribution >= 0.6 is 0 Å². The third kappa shape index (κ3) is 6.97. The summed E-state index contributed by atoms with van der Waals surface area (Å²) >= 11 is 0. The van der Waals surface area contributed by atoms with Gasteiger partial charge in [0.1, 0.15) is 0 Å². The van der Waals surface area contributed by atoms with E-state index in [2.05, 4.69) is 19.2 Å². The first kappa shape index (κ1) is 28.6. The third-order valence-electron chi connectivity index (χ3n) is 6.61. The van der Waals surface area contributed by atoms with Crippen molar-refractivity contribution in [1.82, 2.24) is 24.3 Å². The van der Waals surface area contributed by atoms with Crippen molar-refractivity contribution in [3.05, 3.63) is 66.0 Å². The lowest BCUT2D eigenvalue weighted by atomic mass is 10.1. The lowest BCUT2D eigenvalue weighted by molar-refractivity contribution is -0.122. The Kier molecular flexibility index (Phi) is 9.26. The van der Waals surface area contributed by atoms with Gasteiger partial charge >= 0.3 is 0 Å². The monoisotopic (exact) mass is 555 g/mol. The molecule has 0 atom stereocenters. The lowest BCUT2D eigenvalue weighted by Gasteiger charge is -2.33. The van der Waals surface area contributed by atoms with Gasteiger partial charge in [-0.15, -0.1) is 0 Å². The molecule has 3 aromatic rings. The van der Waals surface area contributed by atoms with E-state index in [1.165, 1.54) is 30.7 Å². The fraction of sp³-hybridized carbons (Fsp3) is 0.429. The second-order valence-corrected chi connectivity index (χ2v) is 11.9. The Morgan fingerprint density at radius 2 is 1.67 bits per heavy atom.